The van der Waals surface area contributed by atoms with Gasteiger partial charge in [0, 0.05) is 23.2 Å². The molecule has 0 spiro atoms. The summed E-state index contributed by atoms with van der Waals surface area (Å²) in [7, 11) is 0. The standard InChI is InChI=1S/C15H19ClN2O2/c1-15(2,3)17-9-12-8-14(20-18-12)10-19-13-6-4-5-11(16)7-13/h4-8,17H,9-10H2,1-3H3. The predicted octanol–water partition coefficient (Wildman–Crippen LogP) is 3.80. The van der Waals surface area contributed by atoms with Crippen molar-refractivity contribution in [2.75, 3.05) is 0 Å². The first-order valence-corrected chi connectivity index (χ1v) is 6.88. The molecule has 108 valence electrons. The maximum atomic E-state index is 5.89. The van der Waals surface area contributed by atoms with Gasteiger partial charge in [0.15, 0.2) is 5.76 Å². The molecule has 0 saturated carbocycles. The molecule has 0 bridgehead atoms. The van der Waals surface area contributed by atoms with Gasteiger partial charge in [0.2, 0.25) is 0 Å². The molecule has 0 unspecified atom stereocenters. The van der Waals surface area contributed by atoms with E-state index in [2.05, 4.69) is 31.2 Å². The Hall–Kier alpha value is -1.52. The van der Waals surface area contributed by atoms with Crippen molar-refractivity contribution < 1.29 is 9.26 Å². The molecule has 2 rings (SSSR count). The molecule has 0 saturated heterocycles. The molecular weight excluding hydrogens is 276 g/mol. The highest BCUT2D eigenvalue weighted by atomic mass is 35.5. The maximum absolute atomic E-state index is 5.89. The van der Waals surface area contributed by atoms with Crippen molar-refractivity contribution in [3.8, 4) is 5.75 Å². The minimum Gasteiger partial charge on any atom is -0.485 e. The van der Waals surface area contributed by atoms with E-state index in [4.69, 9.17) is 20.9 Å². The summed E-state index contributed by atoms with van der Waals surface area (Å²) in [4.78, 5) is 0. The highest BCUT2D eigenvalue weighted by Crippen LogP contribution is 2.18. The Morgan fingerprint density at radius 1 is 1.30 bits per heavy atom. The smallest absolute Gasteiger partial charge is 0.174 e. The lowest BCUT2D eigenvalue weighted by Gasteiger charge is -2.19. The van der Waals surface area contributed by atoms with Crippen LogP contribution in [0.15, 0.2) is 34.9 Å². The van der Waals surface area contributed by atoms with Crippen LogP contribution in [0.5, 0.6) is 5.75 Å². The van der Waals surface area contributed by atoms with E-state index >= 15 is 0 Å². The highest BCUT2D eigenvalue weighted by Gasteiger charge is 2.11. The molecule has 1 aromatic heterocycles. The fourth-order valence-electron chi connectivity index (χ4n) is 1.57. The first-order valence-electron chi connectivity index (χ1n) is 6.50. The third kappa shape index (κ3) is 4.87. The molecule has 1 aromatic carbocycles. The van der Waals surface area contributed by atoms with Gasteiger partial charge >= 0.3 is 0 Å². The molecule has 0 aliphatic heterocycles. The zero-order chi connectivity index (χ0) is 14.6. The lowest BCUT2D eigenvalue weighted by molar-refractivity contribution is 0.248. The number of benzene rings is 1. The molecule has 0 aliphatic carbocycles. The molecule has 4 nitrogen and oxygen atoms in total. The second-order valence-electron chi connectivity index (χ2n) is 5.63. The summed E-state index contributed by atoms with van der Waals surface area (Å²) < 4.78 is 10.8. The van der Waals surface area contributed by atoms with Crippen molar-refractivity contribution in [1.29, 1.82) is 0 Å². The lowest BCUT2D eigenvalue weighted by Crippen LogP contribution is -2.35. The fraction of sp³-hybridized carbons (Fsp3) is 0.400. The van der Waals surface area contributed by atoms with Gasteiger partial charge in [-0.05, 0) is 39.0 Å². The fourth-order valence-corrected chi connectivity index (χ4v) is 1.75. The van der Waals surface area contributed by atoms with Gasteiger partial charge in [-0.15, -0.1) is 0 Å². The van der Waals surface area contributed by atoms with Crippen molar-refractivity contribution in [3.05, 3.63) is 46.8 Å². The van der Waals surface area contributed by atoms with Gasteiger partial charge in [-0.1, -0.05) is 22.8 Å². The number of nitrogens with zero attached hydrogens (tertiary/aromatic N) is 1. The number of ether oxygens (including phenoxy) is 1. The summed E-state index contributed by atoms with van der Waals surface area (Å²) in [5.74, 6) is 1.40. The van der Waals surface area contributed by atoms with Gasteiger partial charge < -0.3 is 14.6 Å². The third-order valence-electron chi connectivity index (χ3n) is 2.58. The van der Waals surface area contributed by atoms with Crippen LogP contribution in [0.25, 0.3) is 0 Å². The lowest BCUT2D eigenvalue weighted by atomic mass is 10.1. The molecule has 0 atom stereocenters. The summed E-state index contributed by atoms with van der Waals surface area (Å²) in [5, 5.41) is 8.01. The second-order valence-corrected chi connectivity index (χ2v) is 6.07. The zero-order valence-corrected chi connectivity index (χ0v) is 12.7. The second kappa shape index (κ2) is 6.29. The van der Waals surface area contributed by atoms with Gasteiger partial charge in [0.05, 0.1) is 5.69 Å². The van der Waals surface area contributed by atoms with Crippen LogP contribution in [-0.2, 0) is 13.2 Å². The van der Waals surface area contributed by atoms with Crippen LogP contribution in [0, 0.1) is 0 Å². The van der Waals surface area contributed by atoms with Crippen molar-refractivity contribution in [3.63, 3.8) is 0 Å². The summed E-state index contributed by atoms with van der Waals surface area (Å²) in [6.45, 7) is 7.33. The maximum Gasteiger partial charge on any atom is 0.174 e. The van der Waals surface area contributed by atoms with E-state index in [1.54, 1.807) is 12.1 Å². The van der Waals surface area contributed by atoms with E-state index in [9.17, 15) is 0 Å². The van der Waals surface area contributed by atoms with E-state index in [0.717, 1.165) is 5.69 Å². The number of hydrogen-bond acceptors (Lipinski definition) is 4. The molecule has 1 heterocycles. The van der Waals surface area contributed by atoms with Crippen LogP contribution in [0.1, 0.15) is 32.2 Å². The predicted molar refractivity (Wildman–Crippen MR) is 78.9 cm³/mol. The van der Waals surface area contributed by atoms with Crippen molar-refractivity contribution in [2.24, 2.45) is 0 Å². The van der Waals surface area contributed by atoms with Crippen molar-refractivity contribution >= 4 is 11.6 Å². The highest BCUT2D eigenvalue weighted by molar-refractivity contribution is 6.30. The summed E-state index contributed by atoms with van der Waals surface area (Å²) in [6.07, 6.45) is 0. The minimum absolute atomic E-state index is 0.0520. The van der Waals surface area contributed by atoms with Crippen LogP contribution in [-0.4, -0.2) is 10.7 Å². The average Bonchev–Trinajstić information content (AvgIpc) is 2.81. The average molecular weight is 295 g/mol. The Balaban J connectivity index is 1.87. The quantitative estimate of drug-likeness (QED) is 0.911. The number of nitrogens with one attached hydrogen (secondary N) is 1. The number of rotatable bonds is 5. The van der Waals surface area contributed by atoms with Gasteiger partial charge in [-0.2, -0.15) is 0 Å². The molecule has 1 N–H and O–H groups in total. The van der Waals surface area contributed by atoms with Gasteiger partial charge in [-0.25, -0.2) is 0 Å². The Morgan fingerprint density at radius 3 is 2.80 bits per heavy atom. The van der Waals surface area contributed by atoms with Gasteiger partial charge in [-0.3, -0.25) is 0 Å². The number of halogens is 1. The largest absolute Gasteiger partial charge is 0.485 e. The van der Waals surface area contributed by atoms with Crippen LogP contribution in [0.2, 0.25) is 5.02 Å². The van der Waals surface area contributed by atoms with Crippen molar-refractivity contribution in [1.82, 2.24) is 10.5 Å². The van der Waals surface area contributed by atoms with Gasteiger partial charge in [0.25, 0.3) is 0 Å². The first-order chi connectivity index (χ1) is 9.42. The number of hydrogen-bond donors (Lipinski definition) is 1. The SMILES string of the molecule is CC(C)(C)NCc1cc(COc2cccc(Cl)c2)on1. The Bertz CT molecular complexity index is 561. The number of aromatic nitrogens is 1. The van der Waals surface area contributed by atoms with E-state index in [1.165, 1.54) is 0 Å². The molecule has 0 aliphatic rings. The van der Waals surface area contributed by atoms with E-state index < -0.39 is 0 Å². The monoisotopic (exact) mass is 294 g/mol. The Morgan fingerprint density at radius 2 is 2.10 bits per heavy atom. The van der Waals surface area contributed by atoms with Crippen LogP contribution in [0.3, 0.4) is 0 Å². The molecule has 20 heavy (non-hydrogen) atoms. The molecular formula is C15H19ClN2O2. The molecule has 0 amide bonds. The van der Waals surface area contributed by atoms with E-state index in [-0.39, 0.29) is 5.54 Å². The van der Waals surface area contributed by atoms with Gasteiger partial charge in [0.1, 0.15) is 12.4 Å². The molecule has 2 aromatic rings. The zero-order valence-electron chi connectivity index (χ0n) is 11.9. The molecule has 5 heteroatoms. The molecule has 0 fully saturated rings. The topological polar surface area (TPSA) is 47.3 Å². The van der Waals surface area contributed by atoms with Crippen LogP contribution >= 0.6 is 11.6 Å². The Kier molecular flexibility index (Phi) is 4.68. The van der Waals surface area contributed by atoms with E-state index in [0.29, 0.717) is 29.7 Å². The summed E-state index contributed by atoms with van der Waals surface area (Å²) in [5.41, 5.74) is 0.917. The van der Waals surface area contributed by atoms with Crippen molar-refractivity contribution in [2.45, 2.75) is 39.5 Å². The first kappa shape index (κ1) is 14.9. The summed E-state index contributed by atoms with van der Waals surface area (Å²) >= 11 is 5.89. The van der Waals surface area contributed by atoms with E-state index in [1.807, 2.05) is 18.2 Å². The Labute approximate surface area is 124 Å². The van der Waals surface area contributed by atoms with Crippen LogP contribution < -0.4 is 10.1 Å². The molecule has 0 radical (unpaired) electrons. The summed E-state index contributed by atoms with van der Waals surface area (Å²) in [6, 6.07) is 9.16. The minimum atomic E-state index is 0.0520. The third-order valence-corrected chi connectivity index (χ3v) is 2.82. The normalized spacial score (nSPS) is 11.6. The van der Waals surface area contributed by atoms with Crippen LogP contribution in [0.4, 0.5) is 0 Å².